The molecule has 0 unspecified atom stereocenters. The van der Waals surface area contributed by atoms with Crippen LogP contribution in [0.25, 0.3) is 0 Å². The van der Waals surface area contributed by atoms with Crippen molar-refractivity contribution in [3.8, 4) is 0 Å². The van der Waals surface area contributed by atoms with Crippen LogP contribution in [0.15, 0.2) is 12.4 Å². The summed E-state index contributed by atoms with van der Waals surface area (Å²) in [6.07, 6.45) is 8.79. The molecule has 3 fully saturated rings. The molecule has 0 aromatic carbocycles. The number of hydrogen-bond donors (Lipinski definition) is 0. The van der Waals surface area contributed by atoms with Crippen LogP contribution in [0.4, 0.5) is 0 Å². The maximum atomic E-state index is 12.9. The summed E-state index contributed by atoms with van der Waals surface area (Å²) in [6.45, 7) is 5.05. The zero-order valence-corrected chi connectivity index (χ0v) is 14.4. The Bertz CT molecular complexity index is 637. The van der Waals surface area contributed by atoms with Gasteiger partial charge in [0.25, 0.3) is 0 Å². The Balaban J connectivity index is 1.39. The molecule has 6 nitrogen and oxygen atoms in total. The number of likely N-dealkylation sites (tertiary alicyclic amines) is 2. The van der Waals surface area contributed by atoms with Gasteiger partial charge in [-0.3, -0.25) is 9.59 Å². The Kier molecular flexibility index (Phi) is 4.06. The van der Waals surface area contributed by atoms with Crippen molar-refractivity contribution in [1.29, 1.82) is 0 Å². The second kappa shape index (κ2) is 6.22. The third kappa shape index (κ3) is 3.06. The van der Waals surface area contributed by atoms with Gasteiger partial charge in [0.1, 0.15) is 5.82 Å². The number of aromatic nitrogens is 2. The second-order valence-corrected chi connectivity index (χ2v) is 7.61. The normalized spacial score (nSPS) is 27.8. The van der Waals surface area contributed by atoms with Crippen molar-refractivity contribution >= 4 is 11.8 Å². The van der Waals surface area contributed by atoms with Crippen molar-refractivity contribution in [2.24, 2.45) is 11.8 Å². The number of amides is 2. The van der Waals surface area contributed by atoms with E-state index in [2.05, 4.69) is 9.55 Å². The van der Waals surface area contributed by atoms with E-state index in [4.69, 9.17) is 0 Å². The first-order valence-corrected chi connectivity index (χ1v) is 9.18. The Morgan fingerprint density at radius 1 is 1.29 bits per heavy atom. The largest absolute Gasteiger partial charge is 0.342 e. The summed E-state index contributed by atoms with van der Waals surface area (Å²) in [5.74, 6) is 1.88. The number of nitrogens with zero attached hydrogens (tertiary/aromatic N) is 4. The highest BCUT2D eigenvalue weighted by Gasteiger charge is 2.39. The highest BCUT2D eigenvalue weighted by Crippen LogP contribution is 2.33. The van der Waals surface area contributed by atoms with Crippen LogP contribution in [0, 0.1) is 18.8 Å². The van der Waals surface area contributed by atoms with Gasteiger partial charge < -0.3 is 14.4 Å². The van der Waals surface area contributed by atoms with Gasteiger partial charge >= 0.3 is 0 Å². The highest BCUT2D eigenvalue weighted by atomic mass is 16.2. The van der Waals surface area contributed by atoms with Crippen LogP contribution in [-0.4, -0.2) is 57.3 Å². The Labute approximate surface area is 142 Å². The minimum atomic E-state index is -0.140. The molecule has 24 heavy (non-hydrogen) atoms. The van der Waals surface area contributed by atoms with E-state index in [1.165, 1.54) is 12.8 Å². The molecule has 2 amide bonds. The van der Waals surface area contributed by atoms with E-state index in [1.54, 1.807) is 0 Å². The SMILES string of the molecule is Cc1nccn1[C@H]1CCCN(C(=O)[C@H]2CC(=O)N(CC3CC3)C2)C1. The maximum Gasteiger partial charge on any atom is 0.228 e. The first-order chi connectivity index (χ1) is 11.6. The molecule has 0 bridgehead atoms. The average Bonchev–Trinajstić information content (AvgIpc) is 3.18. The molecule has 0 N–H and O–H groups in total. The van der Waals surface area contributed by atoms with Crippen LogP contribution in [0.1, 0.15) is 44.0 Å². The zero-order valence-electron chi connectivity index (χ0n) is 14.4. The molecule has 0 radical (unpaired) electrons. The molecular weight excluding hydrogens is 304 g/mol. The Morgan fingerprint density at radius 2 is 2.12 bits per heavy atom. The summed E-state index contributed by atoms with van der Waals surface area (Å²) in [6, 6.07) is 0.310. The maximum absolute atomic E-state index is 12.9. The first kappa shape index (κ1) is 15.7. The van der Waals surface area contributed by atoms with Gasteiger partial charge in [0.2, 0.25) is 11.8 Å². The fraction of sp³-hybridized carbons (Fsp3) is 0.722. The molecule has 4 rings (SSSR count). The van der Waals surface area contributed by atoms with Crippen LogP contribution in [-0.2, 0) is 9.59 Å². The molecule has 3 heterocycles. The monoisotopic (exact) mass is 330 g/mol. The molecule has 3 aliphatic rings. The lowest BCUT2D eigenvalue weighted by atomic mass is 10.0. The van der Waals surface area contributed by atoms with Gasteiger partial charge in [0.05, 0.1) is 12.0 Å². The molecule has 130 valence electrons. The van der Waals surface area contributed by atoms with E-state index in [1.807, 2.05) is 29.1 Å². The number of carbonyl (C=O) groups is 2. The van der Waals surface area contributed by atoms with Crippen LogP contribution < -0.4 is 0 Å². The summed E-state index contributed by atoms with van der Waals surface area (Å²) in [5, 5.41) is 0. The molecule has 1 aliphatic carbocycles. The molecule has 2 aliphatic heterocycles. The fourth-order valence-corrected chi connectivity index (χ4v) is 4.14. The van der Waals surface area contributed by atoms with Crippen molar-refractivity contribution in [3.05, 3.63) is 18.2 Å². The van der Waals surface area contributed by atoms with Crippen LogP contribution in [0.2, 0.25) is 0 Å². The van der Waals surface area contributed by atoms with Crippen molar-refractivity contribution in [2.45, 2.75) is 45.1 Å². The highest BCUT2D eigenvalue weighted by molar-refractivity contribution is 5.89. The number of piperidine rings is 1. The van der Waals surface area contributed by atoms with Gasteiger partial charge in [-0.1, -0.05) is 0 Å². The van der Waals surface area contributed by atoms with E-state index >= 15 is 0 Å². The number of aryl methyl sites for hydroxylation is 1. The molecule has 6 heteroatoms. The predicted octanol–water partition coefficient (Wildman–Crippen LogP) is 1.61. The molecule has 1 saturated carbocycles. The van der Waals surface area contributed by atoms with E-state index in [0.29, 0.717) is 24.9 Å². The van der Waals surface area contributed by atoms with Gasteiger partial charge in [0.15, 0.2) is 0 Å². The lowest BCUT2D eigenvalue weighted by molar-refractivity contribution is -0.137. The summed E-state index contributed by atoms with van der Waals surface area (Å²) in [4.78, 5) is 33.3. The first-order valence-electron chi connectivity index (χ1n) is 9.18. The van der Waals surface area contributed by atoms with Crippen LogP contribution in [0.3, 0.4) is 0 Å². The summed E-state index contributed by atoms with van der Waals surface area (Å²) < 4.78 is 2.18. The van der Waals surface area contributed by atoms with Gasteiger partial charge in [-0.05, 0) is 38.5 Å². The van der Waals surface area contributed by atoms with E-state index < -0.39 is 0 Å². The Morgan fingerprint density at radius 3 is 2.83 bits per heavy atom. The number of hydrogen-bond acceptors (Lipinski definition) is 3. The van der Waals surface area contributed by atoms with Gasteiger partial charge in [-0.15, -0.1) is 0 Å². The van der Waals surface area contributed by atoms with Crippen LogP contribution >= 0.6 is 0 Å². The second-order valence-electron chi connectivity index (χ2n) is 7.61. The quantitative estimate of drug-likeness (QED) is 0.843. The average molecular weight is 330 g/mol. The lowest BCUT2D eigenvalue weighted by Crippen LogP contribution is -2.44. The molecule has 0 spiro atoms. The van der Waals surface area contributed by atoms with E-state index in [0.717, 1.165) is 38.3 Å². The topological polar surface area (TPSA) is 58.4 Å². The number of rotatable bonds is 4. The van der Waals surface area contributed by atoms with Gasteiger partial charge in [0, 0.05) is 45.0 Å². The third-order valence-corrected chi connectivity index (χ3v) is 5.70. The fourth-order valence-electron chi connectivity index (χ4n) is 4.14. The third-order valence-electron chi connectivity index (χ3n) is 5.70. The summed E-state index contributed by atoms with van der Waals surface area (Å²) in [5.41, 5.74) is 0. The summed E-state index contributed by atoms with van der Waals surface area (Å²) in [7, 11) is 0. The van der Waals surface area contributed by atoms with Crippen molar-refractivity contribution in [2.75, 3.05) is 26.2 Å². The van der Waals surface area contributed by atoms with Gasteiger partial charge in [-0.25, -0.2) is 4.98 Å². The lowest BCUT2D eigenvalue weighted by Gasteiger charge is -2.35. The molecule has 2 atom stereocenters. The molecular formula is C18H26N4O2. The molecule has 1 aromatic rings. The molecule has 1 aromatic heterocycles. The minimum Gasteiger partial charge on any atom is -0.342 e. The minimum absolute atomic E-state index is 0.140. The Hall–Kier alpha value is -1.85. The summed E-state index contributed by atoms with van der Waals surface area (Å²) >= 11 is 0. The van der Waals surface area contributed by atoms with E-state index in [-0.39, 0.29) is 17.7 Å². The standard InChI is InChI=1S/C18H26N4O2/c1-13-19-6-8-22(13)16-3-2-7-20(12-16)18(24)15-9-17(23)21(11-15)10-14-4-5-14/h6,8,14-16H,2-5,7,9-12H2,1H3/t15-,16-/m0/s1. The van der Waals surface area contributed by atoms with Crippen molar-refractivity contribution < 1.29 is 9.59 Å². The van der Waals surface area contributed by atoms with Gasteiger partial charge in [-0.2, -0.15) is 0 Å². The van der Waals surface area contributed by atoms with Crippen molar-refractivity contribution in [3.63, 3.8) is 0 Å². The smallest absolute Gasteiger partial charge is 0.228 e. The zero-order chi connectivity index (χ0) is 16.7. The van der Waals surface area contributed by atoms with Crippen molar-refractivity contribution in [1.82, 2.24) is 19.4 Å². The number of imidazole rings is 1. The van der Waals surface area contributed by atoms with E-state index in [9.17, 15) is 9.59 Å². The number of carbonyl (C=O) groups excluding carboxylic acids is 2. The van der Waals surface area contributed by atoms with Crippen LogP contribution in [0.5, 0.6) is 0 Å². The predicted molar refractivity (Wildman–Crippen MR) is 89.2 cm³/mol. The molecule has 2 saturated heterocycles.